The Kier molecular flexibility index (Phi) is 4.71. The van der Waals surface area contributed by atoms with E-state index in [2.05, 4.69) is 38.9 Å². The van der Waals surface area contributed by atoms with Crippen LogP contribution >= 0.6 is 0 Å². The molecule has 2 aromatic heterocycles. The molecule has 0 N–H and O–H groups in total. The van der Waals surface area contributed by atoms with Gasteiger partial charge in [0.15, 0.2) is 0 Å². The molecule has 0 radical (unpaired) electrons. The molecular weight excluding hydrogens is 314 g/mol. The molecule has 0 bridgehead atoms. The van der Waals surface area contributed by atoms with Gasteiger partial charge in [-0.25, -0.2) is 0 Å². The van der Waals surface area contributed by atoms with E-state index in [1.807, 2.05) is 21.2 Å². The molecule has 3 heterocycles. The standard InChI is InChI=1S/C19H29N5O/c1-6-7-8-23-14(2)16(12-20-23)18(25)22-9-10-24-15(13-22)11-17(21-24)19(3,4)5/h11-12H,6-10,13H2,1-5H3. The van der Waals surface area contributed by atoms with Crippen LogP contribution in [0.15, 0.2) is 12.3 Å². The molecule has 6 nitrogen and oxygen atoms in total. The highest BCUT2D eigenvalue weighted by atomic mass is 16.2. The summed E-state index contributed by atoms with van der Waals surface area (Å²) in [5.74, 6) is 0.0741. The van der Waals surface area contributed by atoms with Crippen molar-refractivity contribution in [1.29, 1.82) is 0 Å². The van der Waals surface area contributed by atoms with Gasteiger partial charge in [-0.3, -0.25) is 14.2 Å². The van der Waals surface area contributed by atoms with E-state index in [1.54, 1.807) is 6.20 Å². The van der Waals surface area contributed by atoms with Gasteiger partial charge in [-0.05, 0) is 19.4 Å². The Morgan fingerprint density at radius 3 is 2.72 bits per heavy atom. The minimum Gasteiger partial charge on any atom is -0.331 e. The Bertz CT molecular complexity index is 765. The van der Waals surface area contributed by atoms with E-state index >= 15 is 0 Å². The van der Waals surface area contributed by atoms with Crippen molar-refractivity contribution in [3.8, 4) is 0 Å². The van der Waals surface area contributed by atoms with Gasteiger partial charge < -0.3 is 4.90 Å². The molecule has 1 aliphatic heterocycles. The molecule has 0 saturated carbocycles. The average molecular weight is 343 g/mol. The number of hydrogen-bond acceptors (Lipinski definition) is 3. The second-order valence-electron chi connectivity index (χ2n) is 7.94. The predicted octanol–water partition coefficient (Wildman–Crippen LogP) is 3.14. The summed E-state index contributed by atoms with van der Waals surface area (Å²) >= 11 is 0. The molecule has 0 aliphatic carbocycles. The molecule has 3 rings (SSSR count). The van der Waals surface area contributed by atoms with Crippen LogP contribution in [0.2, 0.25) is 0 Å². The Morgan fingerprint density at radius 2 is 2.04 bits per heavy atom. The first-order chi connectivity index (χ1) is 11.8. The van der Waals surface area contributed by atoms with Crippen LogP contribution in [0.5, 0.6) is 0 Å². The summed E-state index contributed by atoms with van der Waals surface area (Å²) in [4.78, 5) is 14.9. The lowest BCUT2D eigenvalue weighted by Crippen LogP contribution is -2.38. The highest BCUT2D eigenvalue weighted by Gasteiger charge is 2.27. The molecule has 1 amide bonds. The minimum absolute atomic E-state index is 0.0240. The molecule has 0 aromatic carbocycles. The van der Waals surface area contributed by atoms with Gasteiger partial charge in [-0.15, -0.1) is 0 Å². The number of aromatic nitrogens is 4. The van der Waals surface area contributed by atoms with Crippen LogP contribution in [0.3, 0.4) is 0 Å². The molecule has 136 valence electrons. The van der Waals surface area contributed by atoms with Crippen molar-refractivity contribution >= 4 is 5.91 Å². The van der Waals surface area contributed by atoms with Gasteiger partial charge in [-0.1, -0.05) is 34.1 Å². The van der Waals surface area contributed by atoms with Crippen LogP contribution in [-0.4, -0.2) is 36.9 Å². The van der Waals surface area contributed by atoms with E-state index in [9.17, 15) is 4.79 Å². The first-order valence-electron chi connectivity index (χ1n) is 9.20. The van der Waals surface area contributed by atoms with Gasteiger partial charge in [0.1, 0.15) is 0 Å². The topological polar surface area (TPSA) is 56.0 Å². The monoisotopic (exact) mass is 343 g/mol. The fourth-order valence-corrected chi connectivity index (χ4v) is 3.17. The maximum absolute atomic E-state index is 13.0. The second-order valence-corrected chi connectivity index (χ2v) is 7.94. The molecule has 0 spiro atoms. The van der Waals surface area contributed by atoms with E-state index in [4.69, 9.17) is 5.10 Å². The van der Waals surface area contributed by atoms with Gasteiger partial charge in [0, 0.05) is 24.2 Å². The average Bonchev–Trinajstić information content (AvgIpc) is 3.15. The SMILES string of the molecule is CCCCn1ncc(C(=O)N2CCn3nc(C(C)(C)C)cc3C2)c1C. The Balaban J connectivity index is 1.77. The molecule has 1 aliphatic rings. The Labute approximate surface area is 149 Å². The number of carbonyl (C=O) groups is 1. The van der Waals surface area contributed by atoms with Crippen molar-refractivity contribution in [2.45, 2.75) is 72.5 Å². The molecule has 0 unspecified atom stereocenters. The molecule has 25 heavy (non-hydrogen) atoms. The Hall–Kier alpha value is -2.11. The van der Waals surface area contributed by atoms with Crippen molar-refractivity contribution in [2.75, 3.05) is 6.54 Å². The summed E-state index contributed by atoms with van der Waals surface area (Å²) in [5, 5.41) is 9.11. The third-order valence-electron chi connectivity index (χ3n) is 4.91. The summed E-state index contributed by atoms with van der Waals surface area (Å²) in [6.45, 7) is 13.6. The number of rotatable bonds is 4. The van der Waals surface area contributed by atoms with E-state index < -0.39 is 0 Å². The fourth-order valence-electron chi connectivity index (χ4n) is 3.17. The molecule has 6 heteroatoms. The quantitative estimate of drug-likeness (QED) is 0.857. The van der Waals surface area contributed by atoms with E-state index in [1.165, 1.54) is 0 Å². The van der Waals surface area contributed by atoms with Gasteiger partial charge in [0.05, 0.1) is 36.2 Å². The lowest BCUT2D eigenvalue weighted by molar-refractivity contribution is 0.0705. The maximum atomic E-state index is 13.0. The molecule has 0 saturated heterocycles. The largest absolute Gasteiger partial charge is 0.331 e. The number of amides is 1. The zero-order valence-electron chi connectivity index (χ0n) is 16.0. The van der Waals surface area contributed by atoms with Gasteiger partial charge >= 0.3 is 0 Å². The van der Waals surface area contributed by atoms with E-state index in [0.29, 0.717) is 13.1 Å². The molecular formula is C19H29N5O. The van der Waals surface area contributed by atoms with Crippen LogP contribution < -0.4 is 0 Å². The van der Waals surface area contributed by atoms with Gasteiger partial charge in [0.2, 0.25) is 0 Å². The number of carbonyl (C=O) groups excluding carboxylic acids is 1. The molecule has 0 atom stereocenters. The van der Waals surface area contributed by atoms with Crippen molar-refractivity contribution in [3.63, 3.8) is 0 Å². The number of hydrogen-bond donors (Lipinski definition) is 0. The van der Waals surface area contributed by atoms with Crippen molar-refractivity contribution < 1.29 is 4.79 Å². The van der Waals surface area contributed by atoms with E-state index in [-0.39, 0.29) is 11.3 Å². The second kappa shape index (κ2) is 6.65. The van der Waals surface area contributed by atoms with Crippen molar-refractivity contribution in [3.05, 3.63) is 34.9 Å². The van der Waals surface area contributed by atoms with Crippen LogP contribution in [0.1, 0.15) is 68.0 Å². The number of aryl methyl sites for hydroxylation is 1. The van der Waals surface area contributed by atoms with Gasteiger partial charge in [-0.2, -0.15) is 10.2 Å². The van der Waals surface area contributed by atoms with E-state index in [0.717, 1.165) is 48.6 Å². The van der Waals surface area contributed by atoms with Crippen molar-refractivity contribution in [2.24, 2.45) is 0 Å². The van der Waals surface area contributed by atoms with Crippen LogP contribution in [-0.2, 0) is 25.0 Å². The molecule has 2 aromatic rings. The lowest BCUT2D eigenvalue weighted by Gasteiger charge is -2.27. The van der Waals surface area contributed by atoms with Crippen molar-refractivity contribution in [1.82, 2.24) is 24.5 Å². The van der Waals surface area contributed by atoms with Gasteiger partial charge in [0.25, 0.3) is 5.91 Å². The predicted molar refractivity (Wildman–Crippen MR) is 97.5 cm³/mol. The zero-order valence-corrected chi connectivity index (χ0v) is 16.0. The minimum atomic E-state index is 0.0240. The lowest BCUT2D eigenvalue weighted by atomic mass is 9.92. The number of fused-ring (bicyclic) bond motifs is 1. The fraction of sp³-hybridized carbons (Fsp3) is 0.632. The smallest absolute Gasteiger partial charge is 0.257 e. The zero-order chi connectivity index (χ0) is 18.2. The first-order valence-corrected chi connectivity index (χ1v) is 9.20. The van der Waals surface area contributed by atoms with Crippen LogP contribution in [0.4, 0.5) is 0 Å². The maximum Gasteiger partial charge on any atom is 0.257 e. The summed E-state index contributed by atoms with van der Waals surface area (Å²) in [6, 6.07) is 2.14. The Morgan fingerprint density at radius 1 is 1.28 bits per heavy atom. The number of nitrogens with zero attached hydrogens (tertiary/aromatic N) is 5. The third-order valence-corrected chi connectivity index (χ3v) is 4.91. The summed E-state index contributed by atoms with van der Waals surface area (Å²) in [6.07, 6.45) is 3.92. The number of unbranched alkanes of at least 4 members (excludes halogenated alkanes) is 1. The van der Waals surface area contributed by atoms with Crippen LogP contribution in [0, 0.1) is 6.92 Å². The highest BCUT2D eigenvalue weighted by molar-refractivity contribution is 5.95. The third kappa shape index (κ3) is 3.48. The molecule has 0 fully saturated rings. The van der Waals surface area contributed by atoms with Crippen LogP contribution in [0.25, 0.3) is 0 Å². The summed E-state index contributed by atoms with van der Waals surface area (Å²) < 4.78 is 3.99. The summed E-state index contributed by atoms with van der Waals surface area (Å²) in [5.41, 5.74) is 3.91. The summed E-state index contributed by atoms with van der Waals surface area (Å²) in [7, 11) is 0. The first kappa shape index (κ1) is 17.7. The highest BCUT2D eigenvalue weighted by Crippen LogP contribution is 2.24. The normalized spacial score (nSPS) is 14.7.